The van der Waals surface area contributed by atoms with Crippen LogP contribution < -0.4 is 10.5 Å². The van der Waals surface area contributed by atoms with Gasteiger partial charge in [0, 0.05) is 42.7 Å². The number of hydrogen-bond donors (Lipinski definition) is 1. The highest BCUT2D eigenvalue weighted by Gasteiger charge is 2.24. The SMILES string of the molecule is COCCCOC(=O)Cc1ccccc1OCc1c2cc(-c3cccc4c(N)nccc34)ccc2nn1C1CCCC1. The number of rotatable bonds is 11. The second kappa shape index (κ2) is 12.6. The van der Waals surface area contributed by atoms with Gasteiger partial charge in [0.15, 0.2) is 0 Å². The van der Waals surface area contributed by atoms with Crippen LogP contribution in [0.3, 0.4) is 0 Å². The number of carbonyl (C=O) groups excluding carboxylic acids is 1. The van der Waals surface area contributed by atoms with Crippen molar-refractivity contribution in [1.29, 1.82) is 0 Å². The third-order valence-corrected chi connectivity index (χ3v) is 8.05. The molecule has 0 saturated heterocycles. The van der Waals surface area contributed by atoms with E-state index in [0.29, 0.717) is 43.9 Å². The quantitative estimate of drug-likeness (QED) is 0.142. The van der Waals surface area contributed by atoms with Gasteiger partial charge in [-0.3, -0.25) is 9.48 Å². The number of anilines is 1. The topological polar surface area (TPSA) is 101 Å². The molecule has 0 radical (unpaired) electrons. The largest absolute Gasteiger partial charge is 0.487 e. The van der Waals surface area contributed by atoms with Gasteiger partial charge in [0.2, 0.25) is 0 Å². The number of benzene rings is 3. The zero-order chi connectivity index (χ0) is 28.9. The molecule has 2 heterocycles. The number of hydrogen-bond acceptors (Lipinski definition) is 7. The fraction of sp³-hybridized carbons (Fsp3) is 0.324. The van der Waals surface area contributed by atoms with Crippen LogP contribution >= 0.6 is 0 Å². The number of ether oxygens (including phenoxy) is 3. The van der Waals surface area contributed by atoms with Crippen LogP contribution in [-0.2, 0) is 27.3 Å². The summed E-state index contributed by atoms with van der Waals surface area (Å²) in [6, 6.07) is 22.6. The van der Waals surface area contributed by atoms with Crippen molar-refractivity contribution >= 4 is 33.5 Å². The minimum Gasteiger partial charge on any atom is -0.487 e. The van der Waals surface area contributed by atoms with Crippen molar-refractivity contribution in [3.63, 3.8) is 0 Å². The average molecular weight is 565 g/mol. The summed E-state index contributed by atoms with van der Waals surface area (Å²) < 4.78 is 19.1. The maximum atomic E-state index is 12.5. The third-order valence-electron chi connectivity index (χ3n) is 8.05. The van der Waals surface area contributed by atoms with Gasteiger partial charge in [-0.2, -0.15) is 5.10 Å². The fourth-order valence-electron chi connectivity index (χ4n) is 5.93. The predicted molar refractivity (Wildman–Crippen MR) is 164 cm³/mol. The van der Waals surface area contributed by atoms with Crippen molar-refractivity contribution < 1.29 is 19.0 Å². The Labute approximate surface area is 245 Å². The molecule has 1 saturated carbocycles. The van der Waals surface area contributed by atoms with Crippen molar-refractivity contribution in [2.45, 2.75) is 51.2 Å². The molecule has 5 aromatic rings. The highest BCUT2D eigenvalue weighted by atomic mass is 16.5. The van der Waals surface area contributed by atoms with Crippen molar-refractivity contribution in [2.75, 3.05) is 26.1 Å². The monoisotopic (exact) mass is 564 g/mol. The fourth-order valence-corrected chi connectivity index (χ4v) is 5.93. The summed E-state index contributed by atoms with van der Waals surface area (Å²) in [5.41, 5.74) is 11.2. The lowest BCUT2D eigenvalue weighted by atomic mass is 9.97. The van der Waals surface area contributed by atoms with Crippen molar-refractivity contribution in [3.05, 3.63) is 84.2 Å². The Balaban J connectivity index is 1.32. The van der Waals surface area contributed by atoms with E-state index < -0.39 is 0 Å². The number of carbonyl (C=O) groups is 1. The molecule has 216 valence electrons. The first kappa shape index (κ1) is 27.7. The standard InChI is InChI=1S/C34H36N4O4/c1-40-18-7-19-41-33(39)21-24-8-2-5-13-32(24)42-22-31-29-20-23(14-15-30(29)37-38(31)25-9-3-4-10-25)26-11-6-12-28-27(26)16-17-36-34(28)35/h2,5-6,8,11-17,20,25H,3-4,7,9-10,18-19,21-22H2,1H3,(H2,35,36). The molecule has 0 atom stereocenters. The summed E-state index contributed by atoms with van der Waals surface area (Å²) >= 11 is 0. The van der Waals surface area contributed by atoms with E-state index >= 15 is 0 Å². The maximum Gasteiger partial charge on any atom is 0.310 e. The first-order chi connectivity index (χ1) is 20.6. The normalized spacial score (nSPS) is 13.6. The number of methoxy groups -OCH3 is 1. The van der Waals surface area contributed by atoms with Crippen LogP contribution in [0.1, 0.15) is 49.4 Å². The summed E-state index contributed by atoms with van der Waals surface area (Å²) in [5, 5.41) is 8.13. The number of nitrogen functional groups attached to an aromatic ring is 1. The van der Waals surface area contributed by atoms with Crippen LogP contribution in [0.2, 0.25) is 0 Å². The lowest BCUT2D eigenvalue weighted by molar-refractivity contribution is -0.143. The second-order valence-corrected chi connectivity index (χ2v) is 10.8. The van der Waals surface area contributed by atoms with Gasteiger partial charge in [-0.25, -0.2) is 4.98 Å². The van der Waals surface area contributed by atoms with Crippen LogP contribution in [-0.4, -0.2) is 41.1 Å². The van der Waals surface area contributed by atoms with E-state index in [1.54, 1.807) is 13.3 Å². The molecule has 2 aromatic heterocycles. The number of esters is 1. The Morgan fingerprint density at radius 1 is 0.976 bits per heavy atom. The number of para-hydroxylation sites is 1. The summed E-state index contributed by atoms with van der Waals surface area (Å²) in [4.78, 5) is 16.8. The molecule has 3 aromatic carbocycles. The zero-order valence-corrected chi connectivity index (χ0v) is 23.9. The lowest BCUT2D eigenvalue weighted by Gasteiger charge is -2.16. The molecule has 0 amide bonds. The van der Waals surface area contributed by atoms with E-state index in [2.05, 4.69) is 33.9 Å². The van der Waals surface area contributed by atoms with Crippen LogP contribution in [0.5, 0.6) is 5.75 Å². The van der Waals surface area contributed by atoms with Crippen molar-refractivity contribution in [1.82, 2.24) is 14.8 Å². The number of nitrogens with two attached hydrogens (primary N) is 1. The molecule has 8 nitrogen and oxygen atoms in total. The van der Waals surface area contributed by atoms with Gasteiger partial charge < -0.3 is 19.9 Å². The van der Waals surface area contributed by atoms with E-state index in [0.717, 1.165) is 56.9 Å². The Hall–Kier alpha value is -4.43. The summed E-state index contributed by atoms with van der Waals surface area (Å²) in [6.07, 6.45) is 7.19. The molecule has 0 bridgehead atoms. The first-order valence-corrected chi connectivity index (χ1v) is 14.6. The van der Waals surface area contributed by atoms with E-state index in [-0.39, 0.29) is 12.4 Å². The molecule has 2 N–H and O–H groups in total. The van der Waals surface area contributed by atoms with Gasteiger partial charge >= 0.3 is 5.97 Å². The van der Waals surface area contributed by atoms with Gasteiger partial charge in [-0.15, -0.1) is 0 Å². The maximum absolute atomic E-state index is 12.5. The summed E-state index contributed by atoms with van der Waals surface area (Å²) in [6.45, 7) is 1.23. The van der Waals surface area contributed by atoms with Crippen LogP contribution in [0.15, 0.2) is 72.9 Å². The van der Waals surface area contributed by atoms with Gasteiger partial charge in [-0.1, -0.05) is 55.3 Å². The van der Waals surface area contributed by atoms with Crippen LogP contribution in [0, 0.1) is 0 Å². The molecule has 1 aliphatic rings. The number of fused-ring (bicyclic) bond motifs is 2. The lowest BCUT2D eigenvalue weighted by Crippen LogP contribution is -2.14. The second-order valence-electron chi connectivity index (χ2n) is 10.8. The van der Waals surface area contributed by atoms with Crippen molar-refractivity contribution in [2.24, 2.45) is 0 Å². The molecule has 1 fully saturated rings. The van der Waals surface area contributed by atoms with Crippen LogP contribution in [0.25, 0.3) is 32.8 Å². The van der Waals surface area contributed by atoms with Gasteiger partial charge in [0.05, 0.1) is 30.3 Å². The molecular weight excluding hydrogens is 528 g/mol. The number of aromatic nitrogens is 3. The minimum absolute atomic E-state index is 0.148. The van der Waals surface area contributed by atoms with Crippen molar-refractivity contribution in [3.8, 4) is 16.9 Å². The number of pyridine rings is 1. The van der Waals surface area contributed by atoms with Gasteiger partial charge in [-0.05, 0) is 53.6 Å². The summed E-state index contributed by atoms with van der Waals surface area (Å²) in [7, 11) is 1.63. The van der Waals surface area contributed by atoms with E-state index in [9.17, 15) is 4.79 Å². The molecule has 42 heavy (non-hydrogen) atoms. The Bertz CT molecular complexity index is 1710. The van der Waals surface area contributed by atoms with E-state index in [4.69, 9.17) is 25.0 Å². The molecule has 8 heteroatoms. The van der Waals surface area contributed by atoms with Gasteiger partial charge in [0.25, 0.3) is 0 Å². The first-order valence-electron chi connectivity index (χ1n) is 14.6. The predicted octanol–water partition coefficient (Wildman–Crippen LogP) is 6.65. The molecule has 0 aliphatic heterocycles. The Kier molecular flexibility index (Phi) is 8.33. The van der Waals surface area contributed by atoms with E-state index in [1.807, 2.05) is 42.5 Å². The molecule has 0 unspecified atom stereocenters. The Morgan fingerprint density at radius 2 is 1.83 bits per heavy atom. The zero-order valence-electron chi connectivity index (χ0n) is 23.9. The number of nitrogens with zero attached hydrogens (tertiary/aromatic N) is 3. The molecule has 1 aliphatic carbocycles. The smallest absolute Gasteiger partial charge is 0.310 e. The molecule has 0 spiro atoms. The average Bonchev–Trinajstić information content (AvgIpc) is 3.67. The third kappa shape index (κ3) is 5.81. The molecule has 6 rings (SSSR count). The minimum atomic E-state index is -0.279. The Morgan fingerprint density at radius 3 is 2.69 bits per heavy atom. The highest BCUT2D eigenvalue weighted by molar-refractivity contribution is 6.02. The van der Waals surface area contributed by atoms with Gasteiger partial charge in [0.1, 0.15) is 18.2 Å². The van der Waals surface area contributed by atoms with E-state index in [1.165, 1.54) is 12.8 Å². The highest BCUT2D eigenvalue weighted by Crippen LogP contribution is 2.36. The van der Waals surface area contributed by atoms with Crippen LogP contribution in [0.4, 0.5) is 5.82 Å². The summed E-state index contributed by atoms with van der Waals surface area (Å²) in [5.74, 6) is 0.919. The molecular formula is C34H36N4O4.